The Morgan fingerprint density at radius 2 is 1.72 bits per heavy atom. The number of aromatic nitrogens is 2. The number of fused-ring (bicyclic) bond motifs is 1. The third-order valence-electron chi connectivity index (χ3n) is 7.40. The fourth-order valence-corrected chi connectivity index (χ4v) is 4.81. The number of nitrogens with one attached hydrogen (secondary N) is 3. The fourth-order valence-electron chi connectivity index (χ4n) is 4.81. The Labute approximate surface area is 268 Å². The molecule has 3 amide bonds. The van der Waals surface area contributed by atoms with Gasteiger partial charge in [-0.05, 0) is 81.3 Å². The molecular weight excluding hydrogens is 617 g/mol. The van der Waals surface area contributed by atoms with Crippen LogP contribution in [0.2, 0.25) is 0 Å². The van der Waals surface area contributed by atoms with E-state index in [1.165, 1.54) is 0 Å². The maximum atomic E-state index is 13.2. The number of benzene rings is 2. The highest BCUT2D eigenvalue weighted by Gasteiger charge is 2.32. The molecule has 0 saturated carbocycles. The number of anilines is 2. The van der Waals surface area contributed by atoms with Crippen molar-refractivity contribution >= 4 is 40.3 Å². The summed E-state index contributed by atoms with van der Waals surface area (Å²) in [5, 5.41) is 8.39. The SMILES string of the molecule is Cc1c(NC(=O)CCCNC(=O)c2ccc(C(F)(F)F)cc2)ccc2nc(NC(C)(C)C(=O)N(C)CCc3ccccn3)oc(=O)c12. The molecule has 11 nitrogen and oxygen atoms in total. The average Bonchev–Trinajstić information content (AvgIpc) is 3.02. The Balaban J connectivity index is 1.32. The van der Waals surface area contributed by atoms with Gasteiger partial charge in [0.1, 0.15) is 5.54 Å². The second kappa shape index (κ2) is 14.4. The summed E-state index contributed by atoms with van der Waals surface area (Å²) < 4.78 is 43.6. The molecule has 14 heteroatoms. The molecule has 2 aromatic carbocycles. The first-order valence-electron chi connectivity index (χ1n) is 14.8. The van der Waals surface area contributed by atoms with Crippen LogP contribution < -0.4 is 21.6 Å². The number of hydrogen-bond donors (Lipinski definition) is 3. The number of rotatable bonds is 12. The van der Waals surface area contributed by atoms with Crippen molar-refractivity contribution in [1.29, 1.82) is 0 Å². The normalized spacial score (nSPS) is 11.6. The number of halogens is 3. The summed E-state index contributed by atoms with van der Waals surface area (Å²) in [4.78, 5) is 61.2. The molecule has 3 N–H and O–H groups in total. The van der Waals surface area contributed by atoms with Crippen LogP contribution >= 0.6 is 0 Å². The fraction of sp³-hybridized carbons (Fsp3) is 0.333. The third-order valence-corrected chi connectivity index (χ3v) is 7.40. The summed E-state index contributed by atoms with van der Waals surface area (Å²) in [5.41, 5.74) is -0.683. The van der Waals surface area contributed by atoms with E-state index < -0.39 is 28.8 Å². The Bertz CT molecular complexity index is 1810. The molecule has 47 heavy (non-hydrogen) atoms. The molecule has 0 aliphatic heterocycles. The molecule has 2 aromatic heterocycles. The van der Waals surface area contributed by atoms with Crippen LogP contribution in [-0.2, 0) is 22.2 Å². The van der Waals surface area contributed by atoms with Crippen LogP contribution in [-0.4, -0.2) is 58.3 Å². The van der Waals surface area contributed by atoms with Gasteiger partial charge in [-0.3, -0.25) is 19.4 Å². The number of alkyl halides is 3. The Morgan fingerprint density at radius 3 is 2.38 bits per heavy atom. The minimum Gasteiger partial charge on any atom is -0.389 e. The molecule has 2 heterocycles. The van der Waals surface area contributed by atoms with E-state index in [2.05, 4.69) is 25.9 Å². The molecule has 0 saturated heterocycles. The standard InChI is InChI=1S/C33H35F3N6O5/c1-20-24(39-26(43)9-7-18-38-28(44)21-10-12-22(13-11-21)33(34,35)36)14-15-25-27(20)29(45)47-31(40-25)41-32(2,3)30(46)42(4)19-16-23-8-5-6-17-37-23/h5-6,8,10-15,17H,7,9,16,18-19H2,1-4H3,(H,38,44)(H,39,43)(H,40,41). The van der Waals surface area contributed by atoms with Crippen molar-refractivity contribution in [2.24, 2.45) is 0 Å². The van der Waals surface area contributed by atoms with E-state index in [-0.39, 0.29) is 48.2 Å². The number of pyridine rings is 1. The molecule has 0 bridgehead atoms. The van der Waals surface area contributed by atoms with E-state index in [4.69, 9.17) is 4.42 Å². The number of likely N-dealkylation sites (N-methyl/N-ethyl adjacent to an activating group) is 1. The van der Waals surface area contributed by atoms with Crippen LogP contribution in [0.25, 0.3) is 10.9 Å². The molecule has 0 aliphatic rings. The number of aryl methyl sites for hydroxylation is 1. The monoisotopic (exact) mass is 652 g/mol. The van der Waals surface area contributed by atoms with Crippen molar-refractivity contribution in [2.75, 3.05) is 30.8 Å². The van der Waals surface area contributed by atoms with Crippen LogP contribution in [0.3, 0.4) is 0 Å². The minimum absolute atomic E-state index is 0.0277. The molecule has 4 aromatic rings. The second-order valence-electron chi connectivity index (χ2n) is 11.5. The van der Waals surface area contributed by atoms with Gasteiger partial charge < -0.3 is 25.3 Å². The number of amides is 3. The van der Waals surface area contributed by atoms with Crippen molar-refractivity contribution in [1.82, 2.24) is 20.2 Å². The molecule has 248 valence electrons. The maximum absolute atomic E-state index is 13.2. The summed E-state index contributed by atoms with van der Waals surface area (Å²) in [6.07, 6.45) is -1.94. The van der Waals surface area contributed by atoms with E-state index in [0.29, 0.717) is 29.7 Å². The molecule has 0 fully saturated rings. The molecule has 4 rings (SSSR count). The van der Waals surface area contributed by atoms with Gasteiger partial charge in [-0.15, -0.1) is 0 Å². The highest BCUT2D eigenvalue weighted by molar-refractivity contribution is 5.96. The lowest BCUT2D eigenvalue weighted by atomic mass is 10.0. The third kappa shape index (κ3) is 8.93. The highest BCUT2D eigenvalue weighted by Crippen LogP contribution is 2.29. The van der Waals surface area contributed by atoms with Gasteiger partial charge in [0, 0.05) is 56.1 Å². The topological polar surface area (TPSA) is 147 Å². The van der Waals surface area contributed by atoms with Crippen LogP contribution in [0.1, 0.15) is 53.9 Å². The minimum atomic E-state index is -4.50. The predicted molar refractivity (Wildman–Crippen MR) is 170 cm³/mol. The quantitative estimate of drug-likeness (QED) is 0.182. The zero-order valence-corrected chi connectivity index (χ0v) is 26.3. The Morgan fingerprint density at radius 1 is 1.00 bits per heavy atom. The summed E-state index contributed by atoms with van der Waals surface area (Å²) in [6, 6.07) is 12.4. The molecule has 0 spiro atoms. The van der Waals surface area contributed by atoms with E-state index in [0.717, 1.165) is 30.0 Å². The molecule has 0 unspecified atom stereocenters. The summed E-state index contributed by atoms with van der Waals surface area (Å²) in [5.74, 6) is -1.18. The smallest absolute Gasteiger partial charge is 0.389 e. The largest absolute Gasteiger partial charge is 0.416 e. The van der Waals surface area contributed by atoms with Gasteiger partial charge in [0.2, 0.25) is 11.8 Å². The Kier molecular flexibility index (Phi) is 10.6. The van der Waals surface area contributed by atoms with Crippen LogP contribution in [0.4, 0.5) is 24.9 Å². The van der Waals surface area contributed by atoms with Gasteiger partial charge in [-0.2, -0.15) is 18.2 Å². The van der Waals surface area contributed by atoms with Crippen molar-refractivity contribution < 1.29 is 32.0 Å². The van der Waals surface area contributed by atoms with E-state index >= 15 is 0 Å². The van der Waals surface area contributed by atoms with E-state index in [1.54, 1.807) is 51.0 Å². The first-order chi connectivity index (χ1) is 22.2. The lowest BCUT2D eigenvalue weighted by Gasteiger charge is -2.30. The maximum Gasteiger partial charge on any atom is 0.416 e. The average molecular weight is 653 g/mol. The van der Waals surface area contributed by atoms with Crippen molar-refractivity contribution in [3.05, 3.63) is 93.6 Å². The van der Waals surface area contributed by atoms with Gasteiger partial charge in [0.25, 0.3) is 11.9 Å². The van der Waals surface area contributed by atoms with Gasteiger partial charge in [0.15, 0.2) is 0 Å². The van der Waals surface area contributed by atoms with Crippen molar-refractivity contribution in [3.8, 4) is 0 Å². The first-order valence-corrected chi connectivity index (χ1v) is 14.8. The lowest BCUT2D eigenvalue weighted by Crippen LogP contribution is -2.49. The van der Waals surface area contributed by atoms with Gasteiger partial charge in [0.05, 0.1) is 16.5 Å². The van der Waals surface area contributed by atoms with E-state index in [9.17, 15) is 32.3 Å². The lowest BCUT2D eigenvalue weighted by molar-refractivity contribution is -0.137. The van der Waals surface area contributed by atoms with E-state index in [1.807, 2.05) is 18.2 Å². The second-order valence-corrected chi connectivity index (χ2v) is 11.5. The van der Waals surface area contributed by atoms with Crippen LogP contribution in [0.15, 0.2) is 70.0 Å². The number of carbonyl (C=O) groups is 3. The molecule has 0 atom stereocenters. The van der Waals surface area contributed by atoms with Gasteiger partial charge >= 0.3 is 11.8 Å². The number of hydrogen-bond acceptors (Lipinski definition) is 8. The number of carbonyl (C=O) groups excluding carboxylic acids is 3. The molecule has 0 aliphatic carbocycles. The van der Waals surface area contributed by atoms with Gasteiger partial charge in [-0.1, -0.05) is 6.07 Å². The highest BCUT2D eigenvalue weighted by atomic mass is 19.4. The van der Waals surface area contributed by atoms with Crippen LogP contribution in [0, 0.1) is 6.92 Å². The first kappa shape index (κ1) is 34.6. The summed E-state index contributed by atoms with van der Waals surface area (Å²) in [7, 11) is 1.68. The van der Waals surface area contributed by atoms with Crippen molar-refractivity contribution in [3.63, 3.8) is 0 Å². The summed E-state index contributed by atoms with van der Waals surface area (Å²) >= 11 is 0. The molecular formula is C33H35F3N6O5. The summed E-state index contributed by atoms with van der Waals surface area (Å²) in [6.45, 7) is 5.50. The Hall–Kier alpha value is -5.27. The molecule has 0 radical (unpaired) electrons. The zero-order chi connectivity index (χ0) is 34.4. The van der Waals surface area contributed by atoms with Crippen LogP contribution in [0.5, 0.6) is 0 Å². The zero-order valence-electron chi connectivity index (χ0n) is 26.3. The number of nitrogens with zero attached hydrogens (tertiary/aromatic N) is 3. The van der Waals surface area contributed by atoms with Crippen molar-refractivity contribution in [2.45, 2.75) is 51.7 Å². The predicted octanol–water partition coefficient (Wildman–Crippen LogP) is 4.95. The van der Waals surface area contributed by atoms with Gasteiger partial charge in [-0.25, -0.2) is 4.79 Å².